The monoisotopic (exact) mass is 297 g/mol. The summed E-state index contributed by atoms with van der Waals surface area (Å²) in [6.07, 6.45) is 2.87. The van der Waals surface area contributed by atoms with Gasteiger partial charge in [0.1, 0.15) is 11.9 Å². The molecule has 0 bridgehead atoms. The van der Waals surface area contributed by atoms with Crippen LogP contribution in [0.4, 0.5) is 0 Å². The number of sulfonamides is 1. The lowest BCUT2D eigenvalue weighted by atomic mass is 10.0. The molecular formula is C15H23NO3S. The van der Waals surface area contributed by atoms with Crippen LogP contribution in [0.15, 0.2) is 24.3 Å². The van der Waals surface area contributed by atoms with Crippen molar-refractivity contribution in [2.45, 2.75) is 38.7 Å². The van der Waals surface area contributed by atoms with Crippen molar-refractivity contribution in [2.24, 2.45) is 0 Å². The predicted octanol–water partition coefficient (Wildman–Crippen LogP) is 2.61. The van der Waals surface area contributed by atoms with Gasteiger partial charge in [-0.3, -0.25) is 0 Å². The first kappa shape index (κ1) is 15.3. The zero-order valence-electron chi connectivity index (χ0n) is 12.4. The lowest BCUT2D eigenvalue weighted by Crippen LogP contribution is -2.41. The second kappa shape index (κ2) is 6.14. The third kappa shape index (κ3) is 3.96. The highest BCUT2D eigenvalue weighted by Crippen LogP contribution is 2.22. The van der Waals surface area contributed by atoms with Gasteiger partial charge in [0.2, 0.25) is 10.0 Å². The highest BCUT2D eigenvalue weighted by atomic mass is 32.2. The molecule has 1 aliphatic rings. The average Bonchev–Trinajstić information content (AvgIpc) is 2.39. The molecule has 0 N–H and O–H groups in total. The van der Waals surface area contributed by atoms with Crippen LogP contribution in [0.1, 0.15) is 38.2 Å². The third-order valence-electron chi connectivity index (χ3n) is 3.72. The summed E-state index contributed by atoms with van der Waals surface area (Å²) in [7, 11) is -3.06. The molecule has 1 fully saturated rings. The molecule has 0 unspecified atom stereocenters. The van der Waals surface area contributed by atoms with E-state index in [1.807, 2.05) is 12.1 Å². The maximum absolute atomic E-state index is 11.4. The molecule has 112 valence electrons. The van der Waals surface area contributed by atoms with Crippen molar-refractivity contribution < 1.29 is 13.2 Å². The average molecular weight is 297 g/mol. The highest BCUT2D eigenvalue weighted by Gasteiger charge is 2.25. The van der Waals surface area contributed by atoms with E-state index in [2.05, 4.69) is 26.0 Å². The Balaban J connectivity index is 1.89. The molecule has 4 nitrogen and oxygen atoms in total. The van der Waals surface area contributed by atoms with Gasteiger partial charge in [-0.25, -0.2) is 12.7 Å². The van der Waals surface area contributed by atoms with Gasteiger partial charge in [-0.05, 0) is 36.5 Å². The number of rotatable bonds is 4. The van der Waals surface area contributed by atoms with Gasteiger partial charge in [0.05, 0.1) is 6.26 Å². The SMILES string of the molecule is CC(C)c1ccc(OC2CCN(S(C)(=O)=O)CC2)cc1. The standard InChI is InChI=1S/C15H23NO3S/c1-12(2)13-4-6-14(7-5-13)19-15-8-10-16(11-9-15)20(3,17)18/h4-7,12,15H,8-11H2,1-3H3. The molecule has 1 aromatic rings. The Labute approximate surface area is 121 Å². The molecule has 0 amide bonds. The molecule has 1 aromatic carbocycles. The first-order chi connectivity index (χ1) is 9.36. The van der Waals surface area contributed by atoms with Crippen LogP contribution in [0.3, 0.4) is 0 Å². The summed E-state index contributed by atoms with van der Waals surface area (Å²) in [6, 6.07) is 8.17. The van der Waals surface area contributed by atoms with Gasteiger partial charge in [0, 0.05) is 13.1 Å². The summed E-state index contributed by atoms with van der Waals surface area (Å²) in [4.78, 5) is 0. The van der Waals surface area contributed by atoms with Gasteiger partial charge >= 0.3 is 0 Å². The Kier molecular flexibility index (Phi) is 4.70. The zero-order valence-corrected chi connectivity index (χ0v) is 13.2. The van der Waals surface area contributed by atoms with E-state index in [0.717, 1.165) is 18.6 Å². The first-order valence-electron chi connectivity index (χ1n) is 7.08. The number of piperidine rings is 1. The summed E-state index contributed by atoms with van der Waals surface area (Å²) < 4.78 is 30.3. The normalized spacial score (nSPS) is 18.4. The lowest BCUT2D eigenvalue weighted by Gasteiger charge is -2.30. The summed E-state index contributed by atoms with van der Waals surface area (Å²) in [6.45, 7) is 5.43. The summed E-state index contributed by atoms with van der Waals surface area (Å²) in [5.74, 6) is 1.38. The van der Waals surface area contributed by atoms with Crippen LogP contribution in [0.25, 0.3) is 0 Å². The Morgan fingerprint density at radius 1 is 1.15 bits per heavy atom. The Hall–Kier alpha value is -1.07. The van der Waals surface area contributed by atoms with Gasteiger partial charge in [0.15, 0.2) is 0 Å². The second-order valence-corrected chi connectivity index (χ2v) is 7.69. The minimum Gasteiger partial charge on any atom is -0.490 e. The van der Waals surface area contributed by atoms with Crippen LogP contribution in [-0.4, -0.2) is 38.2 Å². The van der Waals surface area contributed by atoms with Gasteiger partial charge in [-0.1, -0.05) is 26.0 Å². The van der Waals surface area contributed by atoms with Crippen molar-refractivity contribution in [3.05, 3.63) is 29.8 Å². The lowest BCUT2D eigenvalue weighted by molar-refractivity contribution is 0.135. The van der Waals surface area contributed by atoms with Crippen LogP contribution >= 0.6 is 0 Å². The molecule has 0 atom stereocenters. The van der Waals surface area contributed by atoms with E-state index >= 15 is 0 Å². The van der Waals surface area contributed by atoms with E-state index in [4.69, 9.17) is 4.74 Å². The van der Waals surface area contributed by atoms with Gasteiger partial charge in [-0.2, -0.15) is 0 Å². The Bertz CT molecular complexity index is 529. The molecule has 0 aromatic heterocycles. The minimum absolute atomic E-state index is 0.109. The maximum Gasteiger partial charge on any atom is 0.211 e. The molecule has 0 radical (unpaired) electrons. The molecule has 0 spiro atoms. The van der Waals surface area contributed by atoms with Crippen molar-refractivity contribution in [1.29, 1.82) is 0 Å². The molecule has 0 saturated carbocycles. The molecule has 1 heterocycles. The van der Waals surface area contributed by atoms with Crippen LogP contribution in [0, 0.1) is 0 Å². The van der Waals surface area contributed by atoms with E-state index < -0.39 is 10.0 Å². The molecular weight excluding hydrogens is 274 g/mol. The van der Waals surface area contributed by atoms with Gasteiger partial charge < -0.3 is 4.74 Å². The number of nitrogens with zero attached hydrogens (tertiary/aromatic N) is 1. The fourth-order valence-corrected chi connectivity index (χ4v) is 3.28. The van der Waals surface area contributed by atoms with Crippen LogP contribution in [-0.2, 0) is 10.0 Å². The zero-order chi connectivity index (χ0) is 14.8. The largest absolute Gasteiger partial charge is 0.490 e. The van der Waals surface area contributed by atoms with Crippen molar-refractivity contribution in [3.63, 3.8) is 0 Å². The van der Waals surface area contributed by atoms with Gasteiger partial charge in [0.25, 0.3) is 0 Å². The Morgan fingerprint density at radius 2 is 1.70 bits per heavy atom. The predicted molar refractivity (Wildman–Crippen MR) is 80.6 cm³/mol. The number of benzene rings is 1. The smallest absolute Gasteiger partial charge is 0.211 e. The van der Waals surface area contributed by atoms with Crippen molar-refractivity contribution in [3.8, 4) is 5.75 Å². The van der Waals surface area contributed by atoms with Crippen molar-refractivity contribution in [2.75, 3.05) is 19.3 Å². The van der Waals surface area contributed by atoms with E-state index in [1.165, 1.54) is 16.1 Å². The summed E-state index contributed by atoms with van der Waals surface area (Å²) >= 11 is 0. The topological polar surface area (TPSA) is 46.6 Å². The van der Waals surface area contributed by atoms with Crippen molar-refractivity contribution in [1.82, 2.24) is 4.31 Å². The molecule has 5 heteroatoms. The summed E-state index contributed by atoms with van der Waals surface area (Å²) in [5, 5.41) is 0. The second-order valence-electron chi connectivity index (χ2n) is 5.70. The highest BCUT2D eigenvalue weighted by molar-refractivity contribution is 7.88. The van der Waals surface area contributed by atoms with Crippen LogP contribution in [0.2, 0.25) is 0 Å². The van der Waals surface area contributed by atoms with E-state index in [9.17, 15) is 8.42 Å². The van der Waals surface area contributed by atoms with Crippen LogP contribution in [0.5, 0.6) is 5.75 Å². The first-order valence-corrected chi connectivity index (χ1v) is 8.93. The van der Waals surface area contributed by atoms with Gasteiger partial charge in [-0.15, -0.1) is 0 Å². The quantitative estimate of drug-likeness (QED) is 0.858. The van der Waals surface area contributed by atoms with E-state index in [0.29, 0.717) is 19.0 Å². The molecule has 0 aliphatic carbocycles. The molecule has 1 saturated heterocycles. The minimum atomic E-state index is -3.06. The summed E-state index contributed by atoms with van der Waals surface area (Å²) in [5.41, 5.74) is 1.30. The molecule has 1 aliphatic heterocycles. The molecule has 20 heavy (non-hydrogen) atoms. The fraction of sp³-hybridized carbons (Fsp3) is 0.600. The number of hydrogen-bond donors (Lipinski definition) is 0. The van der Waals surface area contributed by atoms with E-state index in [1.54, 1.807) is 0 Å². The maximum atomic E-state index is 11.4. The Morgan fingerprint density at radius 3 is 2.15 bits per heavy atom. The number of hydrogen-bond acceptors (Lipinski definition) is 3. The molecule has 2 rings (SSSR count). The fourth-order valence-electron chi connectivity index (χ4n) is 2.41. The third-order valence-corrected chi connectivity index (χ3v) is 5.02. The van der Waals surface area contributed by atoms with Crippen molar-refractivity contribution >= 4 is 10.0 Å². The van der Waals surface area contributed by atoms with E-state index in [-0.39, 0.29) is 6.10 Å². The van der Waals surface area contributed by atoms with Crippen LogP contribution < -0.4 is 4.74 Å². The number of ether oxygens (including phenoxy) is 1.